The van der Waals surface area contributed by atoms with Gasteiger partial charge in [0, 0.05) is 23.4 Å². The molecule has 0 spiro atoms. The lowest BCUT2D eigenvalue weighted by molar-refractivity contribution is -0.145. The van der Waals surface area contributed by atoms with E-state index in [1.807, 2.05) is 19.9 Å². The van der Waals surface area contributed by atoms with Crippen molar-refractivity contribution in [1.82, 2.24) is 9.97 Å². The number of pyridine rings is 2. The summed E-state index contributed by atoms with van der Waals surface area (Å²) >= 11 is 0. The molecule has 3 aromatic rings. The Morgan fingerprint density at radius 2 is 2.03 bits per heavy atom. The number of hydrogen-bond donors (Lipinski definition) is 3. The van der Waals surface area contributed by atoms with Gasteiger partial charge in [0.15, 0.2) is 0 Å². The van der Waals surface area contributed by atoms with E-state index in [1.54, 1.807) is 12.3 Å². The lowest BCUT2D eigenvalue weighted by atomic mass is 9.88. The van der Waals surface area contributed by atoms with Gasteiger partial charge in [-0.15, -0.1) is 0 Å². The number of rotatable bonds is 5. The molecule has 0 radical (unpaired) electrons. The number of anilines is 1. The van der Waals surface area contributed by atoms with Crippen molar-refractivity contribution >= 4 is 11.6 Å². The van der Waals surface area contributed by atoms with Crippen LogP contribution in [0.25, 0.3) is 11.3 Å². The minimum absolute atomic E-state index is 0.0122. The van der Waals surface area contributed by atoms with Crippen molar-refractivity contribution in [3.05, 3.63) is 77.2 Å². The Balaban J connectivity index is 1.62. The van der Waals surface area contributed by atoms with Crippen LogP contribution in [0.2, 0.25) is 0 Å². The largest absolute Gasteiger partial charge is 0.389 e. The van der Waals surface area contributed by atoms with Crippen LogP contribution < -0.4 is 11.1 Å². The van der Waals surface area contributed by atoms with E-state index in [9.17, 15) is 18.7 Å². The van der Waals surface area contributed by atoms with Gasteiger partial charge < -0.3 is 20.9 Å². The molecule has 3 heterocycles. The fraction of sp³-hybridized carbons (Fsp3) is 0.308. The Bertz CT molecular complexity index is 1330. The molecule has 4 rings (SSSR count). The SMILES string of the molecule is CC(C)[C@H]1O[C@@H](c2ccncc2NC(=O)c2ccc(F)c(-c3ccc(C#N)cc3F)n2)C[C@@H](N)[C@@H]1O. The first-order valence-corrected chi connectivity index (χ1v) is 11.4. The molecule has 1 fully saturated rings. The minimum atomic E-state index is -0.833. The summed E-state index contributed by atoms with van der Waals surface area (Å²) in [4.78, 5) is 21.2. The van der Waals surface area contributed by atoms with Crippen LogP contribution in [0.3, 0.4) is 0 Å². The average Bonchev–Trinajstić information content (AvgIpc) is 2.86. The van der Waals surface area contributed by atoms with Crippen LogP contribution in [0.5, 0.6) is 0 Å². The number of carbonyl (C=O) groups excluding carboxylic acids is 1. The Morgan fingerprint density at radius 3 is 2.72 bits per heavy atom. The summed E-state index contributed by atoms with van der Waals surface area (Å²) in [6.45, 7) is 3.85. The number of carbonyl (C=O) groups is 1. The third kappa shape index (κ3) is 5.09. The van der Waals surface area contributed by atoms with Crippen LogP contribution in [0.4, 0.5) is 14.5 Å². The topological polar surface area (TPSA) is 134 Å². The molecule has 10 heteroatoms. The summed E-state index contributed by atoms with van der Waals surface area (Å²) in [7, 11) is 0. The van der Waals surface area contributed by atoms with Gasteiger partial charge in [0.1, 0.15) is 23.0 Å². The maximum Gasteiger partial charge on any atom is 0.274 e. The fourth-order valence-electron chi connectivity index (χ4n) is 4.22. The number of aromatic nitrogens is 2. The number of amides is 1. The van der Waals surface area contributed by atoms with Gasteiger partial charge >= 0.3 is 0 Å². The summed E-state index contributed by atoms with van der Waals surface area (Å²) in [5, 5.41) is 22.1. The van der Waals surface area contributed by atoms with E-state index in [0.717, 1.165) is 12.1 Å². The van der Waals surface area contributed by atoms with Gasteiger partial charge in [0.2, 0.25) is 0 Å². The number of nitrogens with zero attached hydrogens (tertiary/aromatic N) is 3. The summed E-state index contributed by atoms with van der Waals surface area (Å²) < 4.78 is 35.1. The van der Waals surface area contributed by atoms with Gasteiger partial charge in [0.25, 0.3) is 5.91 Å². The van der Waals surface area contributed by atoms with Crippen molar-refractivity contribution in [2.75, 3.05) is 5.32 Å². The highest BCUT2D eigenvalue weighted by Crippen LogP contribution is 2.36. The van der Waals surface area contributed by atoms with Crippen LogP contribution in [0.15, 0.2) is 48.8 Å². The van der Waals surface area contributed by atoms with E-state index < -0.39 is 41.9 Å². The monoisotopic (exact) mass is 493 g/mol. The molecule has 1 saturated heterocycles. The van der Waals surface area contributed by atoms with Gasteiger partial charge in [-0.25, -0.2) is 13.8 Å². The number of nitrogens with one attached hydrogen (secondary N) is 1. The number of halogens is 2. The quantitative estimate of drug-likeness (QED) is 0.493. The number of aliphatic hydroxyl groups is 1. The molecule has 186 valence electrons. The molecular formula is C26H25F2N5O3. The summed E-state index contributed by atoms with van der Waals surface area (Å²) in [6.07, 6.45) is 1.52. The van der Waals surface area contributed by atoms with Crippen LogP contribution in [-0.4, -0.2) is 39.2 Å². The van der Waals surface area contributed by atoms with Crippen molar-refractivity contribution in [2.45, 2.75) is 44.6 Å². The second-order valence-electron chi connectivity index (χ2n) is 8.97. The van der Waals surface area contributed by atoms with Gasteiger partial charge in [-0.2, -0.15) is 5.26 Å². The number of hydrogen-bond acceptors (Lipinski definition) is 7. The van der Waals surface area contributed by atoms with Crippen LogP contribution in [0.1, 0.15) is 48.0 Å². The summed E-state index contributed by atoms with van der Waals surface area (Å²) in [5.41, 5.74) is 6.52. The molecule has 1 aromatic carbocycles. The molecule has 0 unspecified atom stereocenters. The highest BCUT2D eigenvalue weighted by molar-refractivity contribution is 6.03. The molecule has 4 N–H and O–H groups in total. The van der Waals surface area contributed by atoms with Crippen LogP contribution in [0, 0.1) is 28.9 Å². The zero-order valence-corrected chi connectivity index (χ0v) is 19.7. The zero-order valence-electron chi connectivity index (χ0n) is 19.7. The highest BCUT2D eigenvalue weighted by Gasteiger charge is 2.38. The predicted octanol–water partition coefficient (Wildman–Crippen LogP) is 3.72. The summed E-state index contributed by atoms with van der Waals surface area (Å²) in [6, 6.07) is 8.74. The smallest absolute Gasteiger partial charge is 0.274 e. The Morgan fingerprint density at radius 1 is 1.25 bits per heavy atom. The Kier molecular flexibility index (Phi) is 7.35. The van der Waals surface area contributed by atoms with Crippen molar-refractivity contribution in [3.63, 3.8) is 0 Å². The van der Waals surface area contributed by atoms with E-state index in [1.165, 1.54) is 24.4 Å². The molecule has 1 aliphatic rings. The van der Waals surface area contributed by atoms with Gasteiger partial charge in [0.05, 0.1) is 41.8 Å². The Hall–Kier alpha value is -3.78. The standard InChI is InChI=1S/C26H25F2N5O3/c1-13(2)25-24(34)19(30)10-22(36-25)16-7-8-31-12-21(16)33-26(35)20-6-5-17(27)23(32-20)15-4-3-14(11-29)9-18(15)28/h3-9,12-13,19,22,24-25,34H,10,30H2,1-2H3,(H,33,35)/t19-,22-,24+,25-/m1/s1. The number of ether oxygens (including phenoxy) is 1. The lowest BCUT2D eigenvalue weighted by Gasteiger charge is -2.40. The van der Waals surface area contributed by atoms with E-state index in [4.69, 9.17) is 15.7 Å². The molecule has 1 aliphatic heterocycles. The van der Waals surface area contributed by atoms with E-state index >= 15 is 0 Å². The molecule has 0 saturated carbocycles. The van der Waals surface area contributed by atoms with Gasteiger partial charge in [-0.1, -0.05) is 13.8 Å². The predicted molar refractivity (Wildman–Crippen MR) is 128 cm³/mol. The third-order valence-electron chi connectivity index (χ3n) is 6.12. The first-order chi connectivity index (χ1) is 17.2. The minimum Gasteiger partial charge on any atom is -0.389 e. The van der Waals surface area contributed by atoms with Crippen LogP contribution >= 0.6 is 0 Å². The Labute approximate surface area is 206 Å². The van der Waals surface area contributed by atoms with E-state index in [0.29, 0.717) is 17.7 Å². The molecule has 2 aromatic heterocycles. The zero-order chi connectivity index (χ0) is 26.0. The molecule has 8 nitrogen and oxygen atoms in total. The molecule has 1 amide bonds. The van der Waals surface area contributed by atoms with Gasteiger partial charge in [-0.05, 0) is 48.7 Å². The normalized spacial score (nSPS) is 21.7. The first kappa shape index (κ1) is 25.3. The van der Waals surface area contributed by atoms with Crippen molar-refractivity contribution in [1.29, 1.82) is 5.26 Å². The van der Waals surface area contributed by atoms with Gasteiger partial charge in [-0.3, -0.25) is 9.78 Å². The molecule has 0 aliphatic carbocycles. The fourth-order valence-corrected chi connectivity index (χ4v) is 4.22. The molecule has 0 bridgehead atoms. The summed E-state index contributed by atoms with van der Waals surface area (Å²) in [5.74, 6) is -2.31. The third-order valence-corrected chi connectivity index (χ3v) is 6.12. The van der Waals surface area contributed by atoms with Crippen molar-refractivity contribution in [3.8, 4) is 17.3 Å². The van der Waals surface area contributed by atoms with Crippen molar-refractivity contribution in [2.24, 2.45) is 11.7 Å². The molecule has 4 atom stereocenters. The highest BCUT2D eigenvalue weighted by atomic mass is 19.1. The van der Waals surface area contributed by atoms with E-state index in [2.05, 4.69) is 15.3 Å². The van der Waals surface area contributed by atoms with Crippen molar-refractivity contribution < 1.29 is 23.4 Å². The number of nitrogens with two attached hydrogens (primary N) is 1. The maximum atomic E-state index is 14.5. The number of benzene rings is 1. The first-order valence-electron chi connectivity index (χ1n) is 11.4. The molecular weight excluding hydrogens is 468 g/mol. The maximum absolute atomic E-state index is 14.5. The average molecular weight is 494 g/mol. The molecule has 36 heavy (non-hydrogen) atoms. The van der Waals surface area contributed by atoms with E-state index in [-0.39, 0.29) is 28.4 Å². The second kappa shape index (κ2) is 10.5. The number of aliphatic hydroxyl groups excluding tert-OH is 1. The lowest BCUT2D eigenvalue weighted by Crippen LogP contribution is -2.51. The second-order valence-corrected chi connectivity index (χ2v) is 8.97. The van der Waals surface area contributed by atoms with Crippen LogP contribution in [-0.2, 0) is 4.74 Å². The number of nitriles is 1.